The highest BCUT2D eigenvalue weighted by Crippen LogP contribution is 2.18. The predicted octanol–water partition coefficient (Wildman–Crippen LogP) is 2.33. The number of amides is 1. The van der Waals surface area contributed by atoms with Crippen molar-refractivity contribution in [2.45, 2.75) is 37.6 Å². The third kappa shape index (κ3) is 5.11. The number of hydrogen-bond acceptors (Lipinski definition) is 3. The van der Waals surface area contributed by atoms with Gasteiger partial charge in [-0.15, -0.1) is 11.6 Å². The van der Waals surface area contributed by atoms with Crippen LogP contribution in [0.4, 0.5) is 5.69 Å². The van der Waals surface area contributed by atoms with Crippen LogP contribution in [0.25, 0.3) is 0 Å². The summed E-state index contributed by atoms with van der Waals surface area (Å²) in [5, 5.41) is 2.58. The molecule has 0 radical (unpaired) electrons. The Bertz CT molecular complexity index is 568. The Hall–Kier alpha value is -1.11. The molecule has 7 heteroatoms. The van der Waals surface area contributed by atoms with E-state index in [1.54, 1.807) is 26.0 Å². The lowest BCUT2D eigenvalue weighted by atomic mass is 10.0. The van der Waals surface area contributed by atoms with E-state index >= 15 is 0 Å². The SMILES string of the molecule is CC(=O)Nc1ccc(S(=O)(=O)NC(C)(C)CCCl)cc1. The van der Waals surface area contributed by atoms with Gasteiger partial charge in [0.15, 0.2) is 0 Å². The topological polar surface area (TPSA) is 75.3 Å². The maximum Gasteiger partial charge on any atom is 0.241 e. The molecule has 0 aliphatic heterocycles. The Morgan fingerprint density at radius 3 is 2.25 bits per heavy atom. The Morgan fingerprint density at radius 1 is 1.25 bits per heavy atom. The van der Waals surface area contributed by atoms with E-state index in [2.05, 4.69) is 10.0 Å². The average Bonchev–Trinajstić information content (AvgIpc) is 2.27. The van der Waals surface area contributed by atoms with Crippen molar-refractivity contribution in [1.82, 2.24) is 4.72 Å². The standard InChI is InChI=1S/C13H19ClN2O3S/c1-10(17)15-11-4-6-12(7-5-11)20(18,19)16-13(2,3)8-9-14/h4-7,16H,8-9H2,1-3H3,(H,15,17). The van der Waals surface area contributed by atoms with E-state index in [9.17, 15) is 13.2 Å². The fourth-order valence-electron chi connectivity index (χ4n) is 1.63. The van der Waals surface area contributed by atoms with Gasteiger partial charge in [-0.1, -0.05) is 0 Å². The van der Waals surface area contributed by atoms with Crippen LogP contribution < -0.4 is 10.0 Å². The molecule has 1 aromatic rings. The number of carbonyl (C=O) groups is 1. The van der Waals surface area contributed by atoms with Crippen molar-refractivity contribution in [3.05, 3.63) is 24.3 Å². The zero-order chi connectivity index (χ0) is 15.4. The summed E-state index contributed by atoms with van der Waals surface area (Å²) in [5.41, 5.74) is -0.0619. The number of sulfonamides is 1. The molecule has 1 rings (SSSR count). The van der Waals surface area contributed by atoms with Gasteiger partial charge in [-0.25, -0.2) is 13.1 Å². The van der Waals surface area contributed by atoms with E-state index in [1.807, 2.05) is 0 Å². The number of hydrogen-bond donors (Lipinski definition) is 2. The van der Waals surface area contributed by atoms with Crippen LogP contribution >= 0.6 is 11.6 Å². The largest absolute Gasteiger partial charge is 0.326 e. The fourth-order valence-corrected chi connectivity index (χ4v) is 3.54. The summed E-state index contributed by atoms with van der Waals surface area (Å²) < 4.78 is 27.0. The second kappa shape index (κ2) is 6.56. The minimum Gasteiger partial charge on any atom is -0.326 e. The van der Waals surface area contributed by atoms with Crippen LogP contribution in [0.15, 0.2) is 29.2 Å². The molecule has 5 nitrogen and oxygen atoms in total. The van der Waals surface area contributed by atoms with E-state index < -0.39 is 15.6 Å². The molecule has 0 saturated carbocycles. The van der Waals surface area contributed by atoms with Gasteiger partial charge in [0.2, 0.25) is 15.9 Å². The molecule has 0 unspecified atom stereocenters. The first-order valence-electron chi connectivity index (χ1n) is 6.14. The molecule has 0 aromatic heterocycles. The first-order chi connectivity index (χ1) is 9.16. The van der Waals surface area contributed by atoms with Crippen molar-refractivity contribution in [2.75, 3.05) is 11.2 Å². The maximum atomic E-state index is 12.2. The van der Waals surface area contributed by atoms with Crippen molar-refractivity contribution in [2.24, 2.45) is 0 Å². The van der Waals surface area contributed by atoms with Crippen molar-refractivity contribution in [1.29, 1.82) is 0 Å². The lowest BCUT2D eigenvalue weighted by Gasteiger charge is -2.25. The second-order valence-corrected chi connectivity index (χ2v) is 7.19. The molecule has 112 valence electrons. The molecule has 0 saturated heterocycles. The van der Waals surface area contributed by atoms with Crippen molar-refractivity contribution in [3.63, 3.8) is 0 Å². The lowest BCUT2D eigenvalue weighted by molar-refractivity contribution is -0.114. The zero-order valence-electron chi connectivity index (χ0n) is 11.7. The molecule has 0 heterocycles. The van der Waals surface area contributed by atoms with Crippen LogP contribution in [-0.4, -0.2) is 25.7 Å². The van der Waals surface area contributed by atoms with Gasteiger partial charge >= 0.3 is 0 Å². The Kier molecular flexibility index (Phi) is 5.56. The average molecular weight is 319 g/mol. The minimum absolute atomic E-state index is 0.147. The number of rotatable bonds is 6. The molecule has 1 aromatic carbocycles. The molecule has 0 aliphatic carbocycles. The summed E-state index contributed by atoms with van der Waals surface area (Å²) in [6.45, 7) is 4.94. The minimum atomic E-state index is -3.61. The van der Waals surface area contributed by atoms with Gasteiger partial charge in [0.1, 0.15) is 0 Å². The van der Waals surface area contributed by atoms with Gasteiger partial charge in [0.05, 0.1) is 4.90 Å². The quantitative estimate of drug-likeness (QED) is 0.790. The van der Waals surface area contributed by atoms with E-state index in [1.165, 1.54) is 19.1 Å². The van der Waals surface area contributed by atoms with Gasteiger partial charge in [-0.05, 0) is 44.5 Å². The van der Waals surface area contributed by atoms with Gasteiger partial charge < -0.3 is 5.32 Å². The summed E-state index contributed by atoms with van der Waals surface area (Å²) >= 11 is 5.66. The first-order valence-corrected chi connectivity index (χ1v) is 8.16. The molecule has 0 spiro atoms. The zero-order valence-corrected chi connectivity index (χ0v) is 13.3. The van der Waals surface area contributed by atoms with Crippen LogP contribution in [0.1, 0.15) is 27.2 Å². The second-order valence-electron chi connectivity index (χ2n) is 5.13. The van der Waals surface area contributed by atoms with E-state index in [4.69, 9.17) is 11.6 Å². The molecular formula is C13H19ClN2O3S. The highest BCUT2D eigenvalue weighted by Gasteiger charge is 2.25. The third-order valence-corrected chi connectivity index (χ3v) is 4.52. The number of halogens is 1. The van der Waals surface area contributed by atoms with Crippen LogP contribution in [0.5, 0.6) is 0 Å². The number of carbonyl (C=O) groups excluding carboxylic acids is 1. The molecule has 0 bridgehead atoms. The van der Waals surface area contributed by atoms with Gasteiger partial charge in [-0.2, -0.15) is 0 Å². The third-order valence-electron chi connectivity index (χ3n) is 2.62. The highest BCUT2D eigenvalue weighted by molar-refractivity contribution is 7.89. The molecule has 0 aliphatic rings. The van der Waals surface area contributed by atoms with Crippen LogP contribution in [0.3, 0.4) is 0 Å². The number of benzene rings is 1. The molecule has 0 fully saturated rings. The van der Waals surface area contributed by atoms with Crippen molar-refractivity contribution < 1.29 is 13.2 Å². The Balaban J connectivity index is 2.90. The van der Waals surface area contributed by atoms with E-state index in [-0.39, 0.29) is 10.8 Å². The molecule has 2 N–H and O–H groups in total. The molecule has 20 heavy (non-hydrogen) atoms. The van der Waals surface area contributed by atoms with Gasteiger partial charge in [0.25, 0.3) is 0 Å². The van der Waals surface area contributed by atoms with Crippen molar-refractivity contribution in [3.8, 4) is 0 Å². The van der Waals surface area contributed by atoms with E-state index in [0.717, 1.165) is 0 Å². The van der Waals surface area contributed by atoms with Gasteiger partial charge in [0, 0.05) is 24.0 Å². The highest BCUT2D eigenvalue weighted by atomic mass is 35.5. The van der Waals surface area contributed by atoms with Crippen LogP contribution in [-0.2, 0) is 14.8 Å². The predicted molar refractivity (Wildman–Crippen MR) is 80.5 cm³/mol. The van der Waals surface area contributed by atoms with Gasteiger partial charge in [-0.3, -0.25) is 4.79 Å². The Labute approximate surface area is 124 Å². The monoisotopic (exact) mass is 318 g/mol. The van der Waals surface area contributed by atoms with Crippen molar-refractivity contribution >= 4 is 33.2 Å². The Morgan fingerprint density at radius 2 is 1.80 bits per heavy atom. The number of alkyl halides is 1. The lowest BCUT2D eigenvalue weighted by Crippen LogP contribution is -2.43. The summed E-state index contributed by atoms with van der Waals surface area (Å²) in [6.07, 6.45) is 0.526. The molecular weight excluding hydrogens is 300 g/mol. The molecule has 0 atom stereocenters. The van der Waals surface area contributed by atoms with E-state index in [0.29, 0.717) is 18.0 Å². The molecule has 1 amide bonds. The maximum absolute atomic E-state index is 12.2. The summed E-state index contributed by atoms with van der Waals surface area (Å²) in [7, 11) is -3.61. The van der Waals surface area contributed by atoms with Crippen LogP contribution in [0, 0.1) is 0 Å². The summed E-state index contributed by atoms with van der Waals surface area (Å²) in [4.78, 5) is 11.0. The normalized spacial score (nSPS) is 12.2. The number of anilines is 1. The summed E-state index contributed by atoms with van der Waals surface area (Å²) in [6, 6.07) is 5.99. The van der Waals surface area contributed by atoms with Crippen LogP contribution in [0.2, 0.25) is 0 Å². The smallest absolute Gasteiger partial charge is 0.241 e. The fraction of sp³-hybridized carbons (Fsp3) is 0.462. The summed E-state index contributed by atoms with van der Waals surface area (Å²) in [5.74, 6) is 0.166. The number of nitrogens with one attached hydrogen (secondary N) is 2. The first kappa shape index (κ1) is 16.9.